The molecule has 2 heterocycles. The molecule has 1 atom stereocenters. The van der Waals surface area contributed by atoms with Gasteiger partial charge in [-0.3, -0.25) is 9.69 Å². The van der Waals surface area contributed by atoms with Crippen molar-refractivity contribution in [3.05, 3.63) is 59.9 Å². The average molecular weight is 441 g/mol. The molecule has 0 unspecified atom stereocenters. The van der Waals surface area contributed by atoms with Crippen molar-refractivity contribution < 1.29 is 18.7 Å². The lowest BCUT2D eigenvalue weighted by Crippen LogP contribution is -2.44. The van der Waals surface area contributed by atoms with E-state index in [0.717, 1.165) is 36.4 Å². The molecule has 2 fully saturated rings. The van der Waals surface area contributed by atoms with Gasteiger partial charge in [0.25, 0.3) is 0 Å². The van der Waals surface area contributed by atoms with E-state index in [-0.39, 0.29) is 23.8 Å². The molecule has 2 aliphatic rings. The summed E-state index contributed by atoms with van der Waals surface area (Å²) in [5, 5.41) is 2.93. The molecule has 32 heavy (non-hydrogen) atoms. The smallest absolute Gasteiger partial charge is 0.321 e. The number of hydrogen-bond donors (Lipinski definition) is 1. The summed E-state index contributed by atoms with van der Waals surface area (Å²) in [5.74, 6) is 0.582. The molecule has 2 aliphatic heterocycles. The highest BCUT2D eigenvalue weighted by Gasteiger charge is 2.36. The molecule has 1 N–H and O–H groups in total. The van der Waals surface area contributed by atoms with Crippen molar-refractivity contribution in [2.45, 2.75) is 25.4 Å². The Balaban J connectivity index is 1.30. The first-order valence-electron chi connectivity index (χ1n) is 11.0. The number of carbonyl (C=O) groups excluding carboxylic acids is 2. The maximum absolute atomic E-state index is 13.1. The first kappa shape index (κ1) is 22.1. The van der Waals surface area contributed by atoms with Crippen molar-refractivity contribution in [2.75, 3.05) is 45.2 Å². The Morgan fingerprint density at radius 2 is 1.78 bits per heavy atom. The van der Waals surface area contributed by atoms with Gasteiger partial charge < -0.3 is 19.9 Å². The summed E-state index contributed by atoms with van der Waals surface area (Å²) in [5.41, 5.74) is 1.65. The second-order valence-corrected chi connectivity index (χ2v) is 8.23. The second-order valence-electron chi connectivity index (χ2n) is 8.23. The maximum atomic E-state index is 13.1. The standard InChI is InChI=1S/C24H29FN4O3/c1-32-21-9-7-20(8-10-21)26-24(31)28-13-2-12-27(15-16-28)22-11-14-29(23(22)30)17-18-3-5-19(25)6-4-18/h3-10,22H,2,11-17H2,1H3,(H,26,31)/t22-/m0/s1. The molecule has 7 nitrogen and oxygen atoms in total. The van der Waals surface area contributed by atoms with Gasteiger partial charge in [0.05, 0.1) is 13.2 Å². The number of anilines is 1. The van der Waals surface area contributed by atoms with Crippen molar-refractivity contribution in [1.82, 2.24) is 14.7 Å². The maximum Gasteiger partial charge on any atom is 0.321 e. The van der Waals surface area contributed by atoms with E-state index in [9.17, 15) is 14.0 Å². The van der Waals surface area contributed by atoms with E-state index in [0.29, 0.717) is 32.7 Å². The largest absolute Gasteiger partial charge is 0.497 e. The normalized spacial score (nSPS) is 19.7. The fourth-order valence-corrected chi connectivity index (χ4v) is 4.36. The quantitative estimate of drug-likeness (QED) is 0.776. The zero-order valence-corrected chi connectivity index (χ0v) is 18.3. The van der Waals surface area contributed by atoms with Gasteiger partial charge in [0.2, 0.25) is 5.91 Å². The third kappa shape index (κ3) is 5.19. The predicted octanol–water partition coefficient (Wildman–Crippen LogP) is 3.18. The minimum Gasteiger partial charge on any atom is -0.497 e. The Bertz CT molecular complexity index is 935. The summed E-state index contributed by atoms with van der Waals surface area (Å²) in [6.45, 7) is 3.87. The topological polar surface area (TPSA) is 65.1 Å². The van der Waals surface area contributed by atoms with Crippen LogP contribution in [0.4, 0.5) is 14.9 Å². The molecule has 0 aromatic heterocycles. The van der Waals surface area contributed by atoms with Crippen LogP contribution in [0.5, 0.6) is 5.75 Å². The average Bonchev–Trinajstić information content (AvgIpc) is 3.00. The van der Waals surface area contributed by atoms with Gasteiger partial charge in [0.15, 0.2) is 0 Å². The lowest BCUT2D eigenvalue weighted by molar-refractivity contribution is -0.132. The van der Waals surface area contributed by atoms with E-state index in [4.69, 9.17) is 4.74 Å². The van der Waals surface area contributed by atoms with Crippen LogP contribution in [0.3, 0.4) is 0 Å². The fourth-order valence-electron chi connectivity index (χ4n) is 4.36. The molecular formula is C24H29FN4O3. The third-order valence-corrected chi connectivity index (χ3v) is 6.16. The monoisotopic (exact) mass is 440 g/mol. The number of methoxy groups -OCH3 is 1. The number of rotatable bonds is 5. The summed E-state index contributed by atoms with van der Waals surface area (Å²) in [6, 6.07) is 13.3. The van der Waals surface area contributed by atoms with Crippen LogP contribution in [0.25, 0.3) is 0 Å². The number of amides is 3. The van der Waals surface area contributed by atoms with E-state index < -0.39 is 0 Å². The Morgan fingerprint density at radius 3 is 2.50 bits per heavy atom. The zero-order chi connectivity index (χ0) is 22.5. The van der Waals surface area contributed by atoms with Crippen LogP contribution in [0.15, 0.2) is 48.5 Å². The molecule has 0 radical (unpaired) electrons. The van der Waals surface area contributed by atoms with Crippen LogP contribution in [0.2, 0.25) is 0 Å². The second kappa shape index (κ2) is 9.99. The highest BCUT2D eigenvalue weighted by molar-refractivity contribution is 5.89. The van der Waals surface area contributed by atoms with Gasteiger partial charge in [0, 0.05) is 45.0 Å². The van der Waals surface area contributed by atoms with Gasteiger partial charge in [-0.25, -0.2) is 9.18 Å². The summed E-state index contributed by atoms with van der Waals surface area (Å²) in [4.78, 5) is 31.6. The van der Waals surface area contributed by atoms with Crippen LogP contribution >= 0.6 is 0 Å². The van der Waals surface area contributed by atoms with E-state index in [1.807, 2.05) is 29.2 Å². The Morgan fingerprint density at radius 1 is 1.03 bits per heavy atom. The van der Waals surface area contributed by atoms with Crippen LogP contribution in [-0.2, 0) is 11.3 Å². The fraction of sp³-hybridized carbons (Fsp3) is 0.417. The molecule has 8 heteroatoms. The first-order valence-corrected chi connectivity index (χ1v) is 11.0. The predicted molar refractivity (Wildman–Crippen MR) is 120 cm³/mol. The number of ether oxygens (including phenoxy) is 1. The Kier molecular flexibility index (Phi) is 6.90. The summed E-state index contributed by atoms with van der Waals surface area (Å²) in [7, 11) is 1.60. The lowest BCUT2D eigenvalue weighted by atomic mass is 10.2. The zero-order valence-electron chi connectivity index (χ0n) is 18.3. The van der Waals surface area contributed by atoms with E-state index in [2.05, 4.69) is 10.2 Å². The minimum absolute atomic E-state index is 0.116. The number of urea groups is 1. The number of likely N-dealkylation sites (tertiary alicyclic amines) is 1. The molecule has 0 aliphatic carbocycles. The number of nitrogens with zero attached hydrogens (tertiary/aromatic N) is 3. The SMILES string of the molecule is COc1ccc(NC(=O)N2CCCN([C@H]3CCN(Cc4ccc(F)cc4)C3=O)CC2)cc1. The molecule has 2 aromatic rings. The number of hydrogen-bond acceptors (Lipinski definition) is 4. The van der Waals surface area contributed by atoms with Gasteiger partial charge >= 0.3 is 6.03 Å². The number of carbonyl (C=O) groups is 2. The van der Waals surface area contributed by atoms with Crippen molar-refractivity contribution in [1.29, 1.82) is 0 Å². The van der Waals surface area contributed by atoms with Crippen LogP contribution in [0, 0.1) is 5.82 Å². The van der Waals surface area contributed by atoms with Gasteiger partial charge in [0.1, 0.15) is 11.6 Å². The molecule has 0 saturated carbocycles. The van der Waals surface area contributed by atoms with Crippen LogP contribution < -0.4 is 10.1 Å². The van der Waals surface area contributed by atoms with E-state index in [1.54, 1.807) is 24.1 Å². The molecule has 170 valence electrons. The number of halogens is 1. The summed E-state index contributed by atoms with van der Waals surface area (Å²) < 4.78 is 18.3. The molecular weight excluding hydrogens is 411 g/mol. The first-order chi connectivity index (χ1) is 15.5. The summed E-state index contributed by atoms with van der Waals surface area (Å²) >= 11 is 0. The Hall–Kier alpha value is -3.13. The van der Waals surface area contributed by atoms with Crippen LogP contribution in [-0.4, -0.2) is 72.5 Å². The molecule has 2 saturated heterocycles. The van der Waals surface area contributed by atoms with E-state index >= 15 is 0 Å². The highest BCUT2D eigenvalue weighted by Crippen LogP contribution is 2.22. The van der Waals surface area contributed by atoms with Crippen LogP contribution in [0.1, 0.15) is 18.4 Å². The summed E-state index contributed by atoms with van der Waals surface area (Å²) in [6.07, 6.45) is 1.59. The van der Waals surface area contributed by atoms with Crippen molar-refractivity contribution in [3.8, 4) is 5.75 Å². The van der Waals surface area contributed by atoms with E-state index in [1.165, 1.54) is 12.1 Å². The van der Waals surface area contributed by atoms with Gasteiger partial charge in [-0.2, -0.15) is 0 Å². The molecule has 0 bridgehead atoms. The van der Waals surface area contributed by atoms with Gasteiger partial charge in [-0.15, -0.1) is 0 Å². The Labute approximate surface area is 187 Å². The molecule has 4 rings (SSSR count). The van der Waals surface area contributed by atoms with Crippen molar-refractivity contribution in [3.63, 3.8) is 0 Å². The van der Waals surface area contributed by atoms with Gasteiger partial charge in [-0.1, -0.05) is 12.1 Å². The van der Waals surface area contributed by atoms with Gasteiger partial charge in [-0.05, 0) is 54.8 Å². The van der Waals surface area contributed by atoms with Crippen molar-refractivity contribution in [2.24, 2.45) is 0 Å². The molecule has 3 amide bonds. The molecule has 2 aromatic carbocycles. The minimum atomic E-state index is -0.274. The number of nitrogens with one attached hydrogen (secondary N) is 1. The molecule has 0 spiro atoms. The third-order valence-electron chi connectivity index (χ3n) is 6.16. The number of benzene rings is 2. The lowest BCUT2D eigenvalue weighted by Gasteiger charge is -2.26. The van der Waals surface area contributed by atoms with Crippen molar-refractivity contribution >= 4 is 17.6 Å². The highest BCUT2D eigenvalue weighted by atomic mass is 19.1.